The summed E-state index contributed by atoms with van der Waals surface area (Å²) >= 11 is 0. The maximum atomic E-state index is 12.7. The minimum Gasteiger partial charge on any atom is -0.507 e. The number of amides is 1. The quantitative estimate of drug-likeness (QED) is 0.364. The standard InChI is InChI=1S/C20H20BN3O6/c1-24-16(11-15(23-24)12-6-3-2-4-7-12)19(26)22-17(21(29)30)10-13-8-5-9-14(18(13)25)20(27)28/h2-9,11,17,25,29-30H,10H2,1H3,(H,22,26)(H,27,28). The molecule has 0 radical (unpaired) electrons. The summed E-state index contributed by atoms with van der Waals surface area (Å²) < 4.78 is 1.38. The molecule has 0 spiro atoms. The lowest BCUT2D eigenvalue weighted by atomic mass is 9.75. The van der Waals surface area contributed by atoms with E-state index in [0.717, 1.165) is 5.56 Å². The maximum Gasteiger partial charge on any atom is 0.475 e. The summed E-state index contributed by atoms with van der Waals surface area (Å²) in [7, 11) is -0.350. The van der Waals surface area contributed by atoms with Crippen LogP contribution in [0, 0.1) is 0 Å². The molecule has 9 nitrogen and oxygen atoms in total. The molecule has 0 aliphatic carbocycles. The van der Waals surface area contributed by atoms with Crippen molar-refractivity contribution in [3.8, 4) is 17.0 Å². The first-order chi connectivity index (χ1) is 14.3. The Morgan fingerprint density at radius 2 is 1.83 bits per heavy atom. The number of hydrogen-bond donors (Lipinski definition) is 5. The summed E-state index contributed by atoms with van der Waals surface area (Å²) in [6.07, 6.45) is -0.195. The lowest BCUT2D eigenvalue weighted by molar-refractivity contribution is 0.0693. The Hall–Kier alpha value is -3.63. The van der Waals surface area contributed by atoms with Crippen LogP contribution >= 0.6 is 0 Å². The molecule has 1 heterocycles. The Labute approximate surface area is 172 Å². The smallest absolute Gasteiger partial charge is 0.475 e. The molecule has 0 fully saturated rings. The number of phenols is 1. The SMILES string of the molecule is Cn1nc(-c2ccccc2)cc1C(=O)NC(Cc1cccc(C(=O)O)c1O)B(O)O. The van der Waals surface area contributed by atoms with E-state index in [9.17, 15) is 24.7 Å². The molecule has 5 N–H and O–H groups in total. The fourth-order valence-electron chi connectivity index (χ4n) is 3.07. The topological polar surface area (TPSA) is 145 Å². The van der Waals surface area contributed by atoms with Gasteiger partial charge in [0.15, 0.2) is 0 Å². The zero-order valence-electron chi connectivity index (χ0n) is 16.1. The van der Waals surface area contributed by atoms with Crippen LogP contribution in [-0.4, -0.2) is 55.0 Å². The molecular weight excluding hydrogens is 389 g/mol. The average molecular weight is 409 g/mol. The Morgan fingerprint density at radius 1 is 1.13 bits per heavy atom. The molecule has 0 saturated carbocycles. The number of carboxylic acids is 1. The second kappa shape index (κ2) is 8.81. The molecule has 1 aromatic heterocycles. The highest BCUT2D eigenvalue weighted by atomic mass is 16.4. The molecule has 0 bridgehead atoms. The number of nitrogens with zero attached hydrogens (tertiary/aromatic N) is 2. The van der Waals surface area contributed by atoms with E-state index >= 15 is 0 Å². The largest absolute Gasteiger partial charge is 0.507 e. The Bertz CT molecular complexity index is 1070. The molecule has 154 valence electrons. The fourth-order valence-corrected chi connectivity index (χ4v) is 3.07. The van der Waals surface area contributed by atoms with Crippen molar-refractivity contribution in [2.75, 3.05) is 0 Å². The summed E-state index contributed by atoms with van der Waals surface area (Å²) in [6.45, 7) is 0. The normalized spacial score (nSPS) is 11.7. The number of aryl methyl sites for hydroxylation is 1. The second-order valence-corrected chi connectivity index (χ2v) is 6.72. The second-order valence-electron chi connectivity index (χ2n) is 6.72. The highest BCUT2D eigenvalue weighted by Gasteiger charge is 2.29. The van der Waals surface area contributed by atoms with Gasteiger partial charge in [-0.15, -0.1) is 0 Å². The van der Waals surface area contributed by atoms with Gasteiger partial charge < -0.3 is 25.6 Å². The van der Waals surface area contributed by atoms with Gasteiger partial charge in [-0.1, -0.05) is 42.5 Å². The molecule has 1 atom stereocenters. The molecule has 2 aromatic carbocycles. The van der Waals surface area contributed by atoms with Gasteiger partial charge in [0.05, 0.1) is 11.6 Å². The lowest BCUT2D eigenvalue weighted by Crippen LogP contribution is -2.48. The van der Waals surface area contributed by atoms with Crippen LogP contribution in [0.1, 0.15) is 26.4 Å². The Kier molecular flexibility index (Phi) is 6.19. The molecule has 3 rings (SSSR count). The molecule has 3 aromatic rings. The number of para-hydroxylation sites is 1. The van der Waals surface area contributed by atoms with Gasteiger partial charge >= 0.3 is 13.1 Å². The molecule has 1 amide bonds. The van der Waals surface area contributed by atoms with E-state index in [1.165, 1.54) is 22.9 Å². The third-order valence-electron chi connectivity index (χ3n) is 4.65. The molecular formula is C20H20BN3O6. The van der Waals surface area contributed by atoms with Gasteiger partial charge in [0.1, 0.15) is 17.0 Å². The Morgan fingerprint density at radius 3 is 2.47 bits per heavy atom. The zero-order valence-corrected chi connectivity index (χ0v) is 16.1. The fraction of sp³-hybridized carbons (Fsp3) is 0.150. The third-order valence-corrected chi connectivity index (χ3v) is 4.65. The summed E-state index contributed by atoms with van der Waals surface area (Å²) in [5.74, 6) is -3.60. The monoisotopic (exact) mass is 409 g/mol. The first-order valence-corrected chi connectivity index (χ1v) is 9.08. The lowest BCUT2D eigenvalue weighted by Gasteiger charge is -2.19. The number of rotatable bonds is 7. The molecule has 1 unspecified atom stereocenters. The van der Waals surface area contributed by atoms with Crippen LogP contribution in [0.3, 0.4) is 0 Å². The van der Waals surface area contributed by atoms with Gasteiger partial charge in [-0.05, 0) is 24.1 Å². The van der Waals surface area contributed by atoms with E-state index in [1.807, 2.05) is 30.3 Å². The minimum atomic E-state index is -1.94. The van der Waals surface area contributed by atoms with Gasteiger partial charge in [0.25, 0.3) is 5.91 Å². The van der Waals surface area contributed by atoms with Crippen LogP contribution in [0.2, 0.25) is 0 Å². The van der Waals surface area contributed by atoms with Crippen molar-refractivity contribution in [1.29, 1.82) is 0 Å². The number of aromatic carboxylic acids is 1. The van der Waals surface area contributed by atoms with Crippen LogP contribution in [0.25, 0.3) is 11.3 Å². The van der Waals surface area contributed by atoms with Gasteiger partial charge in [0.2, 0.25) is 0 Å². The van der Waals surface area contributed by atoms with Crippen molar-refractivity contribution in [3.63, 3.8) is 0 Å². The summed E-state index contributed by atoms with van der Waals surface area (Å²) in [5.41, 5.74) is 1.44. The number of carbonyl (C=O) groups excluding carboxylic acids is 1. The van der Waals surface area contributed by atoms with Crippen molar-refractivity contribution in [2.45, 2.75) is 12.4 Å². The predicted octanol–water partition coefficient (Wildman–Crippen LogP) is 0.844. The van der Waals surface area contributed by atoms with Crippen molar-refractivity contribution >= 4 is 19.0 Å². The van der Waals surface area contributed by atoms with Gasteiger partial charge in [-0.2, -0.15) is 5.10 Å². The first kappa shape index (κ1) is 21.1. The minimum absolute atomic E-state index is 0.156. The molecule has 0 saturated heterocycles. The number of nitrogens with one attached hydrogen (secondary N) is 1. The number of carbonyl (C=O) groups is 2. The van der Waals surface area contributed by atoms with Gasteiger partial charge in [-0.25, -0.2) is 4.79 Å². The van der Waals surface area contributed by atoms with Gasteiger partial charge in [0, 0.05) is 12.6 Å². The van der Waals surface area contributed by atoms with Crippen molar-refractivity contribution < 1.29 is 29.9 Å². The van der Waals surface area contributed by atoms with E-state index in [1.54, 1.807) is 13.1 Å². The van der Waals surface area contributed by atoms with E-state index in [4.69, 9.17) is 5.11 Å². The first-order valence-electron chi connectivity index (χ1n) is 9.08. The van der Waals surface area contributed by atoms with Crippen molar-refractivity contribution in [1.82, 2.24) is 15.1 Å². The number of benzene rings is 2. The number of aromatic nitrogens is 2. The zero-order chi connectivity index (χ0) is 21.8. The van der Waals surface area contributed by atoms with Crippen LogP contribution in [0.5, 0.6) is 5.75 Å². The number of carboxylic acid groups (broad SMARTS) is 1. The van der Waals surface area contributed by atoms with Gasteiger partial charge in [-0.3, -0.25) is 9.48 Å². The van der Waals surface area contributed by atoms with E-state index < -0.39 is 30.7 Å². The number of aromatic hydroxyl groups is 1. The van der Waals surface area contributed by atoms with E-state index in [-0.39, 0.29) is 23.2 Å². The molecule has 10 heteroatoms. The summed E-state index contributed by atoms with van der Waals surface area (Å²) in [5, 5.41) is 45.5. The van der Waals surface area contributed by atoms with E-state index in [2.05, 4.69) is 10.4 Å². The van der Waals surface area contributed by atoms with Crippen molar-refractivity contribution in [2.24, 2.45) is 7.05 Å². The highest BCUT2D eigenvalue weighted by Crippen LogP contribution is 2.24. The number of hydrogen-bond acceptors (Lipinski definition) is 6. The third kappa shape index (κ3) is 4.50. The maximum absolute atomic E-state index is 12.7. The van der Waals surface area contributed by atoms with Crippen LogP contribution in [0.4, 0.5) is 0 Å². The predicted molar refractivity (Wildman–Crippen MR) is 109 cm³/mol. The van der Waals surface area contributed by atoms with Crippen LogP contribution in [0.15, 0.2) is 54.6 Å². The summed E-state index contributed by atoms with van der Waals surface area (Å²) in [6, 6.07) is 14.9. The van der Waals surface area contributed by atoms with Crippen molar-refractivity contribution in [3.05, 3.63) is 71.4 Å². The van der Waals surface area contributed by atoms with E-state index in [0.29, 0.717) is 5.69 Å². The van der Waals surface area contributed by atoms with Crippen LogP contribution < -0.4 is 5.32 Å². The molecule has 0 aliphatic heterocycles. The van der Waals surface area contributed by atoms with Crippen LogP contribution in [-0.2, 0) is 13.5 Å². The highest BCUT2D eigenvalue weighted by molar-refractivity contribution is 6.43. The molecule has 0 aliphatic rings. The summed E-state index contributed by atoms with van der Waals surface area (Å²) in [4.78, 5) is 23.9. The average Bonchev–Trinajstić information content (AvgIpc) is 3.11. The Balaban J connectivity index is 1.81. The molecule has 30 heavy (non-hydrogen) atoms.